The predicted molar refractivity (Wildman–Crippen MR) is 103 cm³/mol. The number of fused-ring (bicyclic) bond motifs is 1. The second-order valence-corrected chi connectivity index (χ2v) is 9.13. The highest BCUT2D eigenvalue weighted by Crippen LogP contribution is 2.36. The first kappa shape index (κ1) is 19.4. The van der Waals surface area contributed by atoms with E-state index in [-0.39, 0.29) is 17.5 Å². The van der Waals surface area contributed by atoms with Crippen molar-refractivity contribution in [2.24, 2.45) is 0 Å². The highest BCUT2D eigenvalue weighted by atomic mass is 32.2. The predicted octanol–water partition coefficient (Wildman–Crippen LogP) is 3.63. The fourth-order valence-corrected chi connectivity index (χ4v) is 4.31. The van der Waals surface area contributed by atoms with Gasteiger partial charge in [-0.3, -0.25) is 0 Å². The molecular weight excluding hydrogens is 399 g/mol. The van der Waals surface area contributed by atoms with E-state index in [0.717, 1.165) is 0 Å². The van der Waals surface area contributed by atoms with E-state index in [4.69, 9.17) is 14.0 Å². The van der Waals surface area contributed by atoms with Gasteiger partial charge in [-0.1, -0.05) is 29.4 Å². The molecule has 4 rings (SSSR count). The number of hydrogen-bond donors (Lipinski definition) is 0. The van der Waals surface area contributed by atoms with E-state index in [1.54, 1.807) is 37.3 Å². The summed E-state index contributed by atoms with van der Waals surface area (Å²) in [6.07, 6.45) is 0. The van der Waals surface area contributed by atoms with Crippen molar-refractivity contribution < 1.29 is 26.8 Å². The summed E-state index contributed by atoms with van der Waals surface area (Å²) in [5, 5.41) is 2.76. The average Bonchev–Trinajstić information content (AvgIpc) is 3.19. The van der Waals surface area contributed by atoms with E-state index in [1.807, 2.05) is 0 Å². The number of para-hydroxylation sites is 1. The third-order valence-electron chi connectivity index (χ3n) is 4.76. The van der Waals surface area contributed by atoms with Gasteiger partial charge in [0.1, 0.15) is 24.3 Å². The van der Waals surface area contributed by atoms with Crippen LogP contribution < -0.4 is 9.47 Å². The number of sulfone groups is 1. The molecule has 0 radical (unpaired) electrons. The Kier molecular flexibility index (Phi) is 4.99. The first-order valence-electron chi connectivity index (χ1n) is 9.04. The zero-order valence-electron chi connectivity index (χ0n) is 15.9. The monoisotopic (exact) mass is 418 g/mol. The molecule has 0 aliphatic carbocycles. The van der Waals surface area contributed by atoms with Crippen molar-refractivity contribution in [1.82, 2.24) is 10.1 Å². The van der Waals surface area contributed by atoms with Crippen LogP contribution in [0.5, 0.6) is 11.5 Å². The quantitative estimate of drug-likeness (QED) is 0.625. The maximum absolute atomic E-state index is 13.8. The van der Waals surface area contributed by atoms with E-state index in [1.165, 1.54) is 13.0 Å². The molecule has 29 heavy (non-hydrogen) atoms. The Hall–Kier alpha value is -2.94. The first-order valence-corrected chi connectivity index (χ1v) is 10.8. The molecule has 0 fully saturated rings. The molecule has 2 aromatic carbocycles. The number of aryl methyl sites for hydroxylation is 1. The van der Waals surface area contributed by atoms with Crippen LogP contribution in [-0.2, 0) is 15.6 Å². The lowest BCUT2D eigenvalue weighted by Crippen LogP contribution is -2.18. The molecule has 9 heteroatoms. The molecule has 0 saturated carbocycles. The van der Waals surface area contributed by atoms with Crippen LogP contribution in [0.15, 0.2) is 40.9 Å². The minimum atomic E-state index is -3.69. The van der Waals surface area contributed by atoms with Crippen LogP contribution in [0.25, 0.3) is 11.4 Å². The van der Waals surface area contributed by atoms with Gasteiger partial charge in [0.05, 0.1) is 5.75 Å². The highest BCUT2D eigenvalue weighted by Gasteiger charge is 2.30. The maximum atomic E-state index is 13.8. The molecule has 0 spiro atoms. The summed E-state index contributed by atoms with van der Waals surface area (Å²) >= 11 is 0. The van der Waals surface area contributed by atoms with Crippen molar-refractivity contribution in [2.45, 2.75) is 24.9 Å². The lowest BCUT2D eigenvalue weighted by molar-refractivity contribution is 0.170. The maximum Gasteiger partial charge on any atom is 0.245 e. The largest absolute Gasteiger partial charge is 0.486 e. The molecular formula is C20H19FN2O5S. The Morgan fingerprint density at radius 1 is 1.17 bits per heavy atom. The van der Waals surface area contributed by atoms with E-state index in [2.05, 4.69) is 10.1 Å². The second-order valence-electron chi connectivity index (χ2n) is 6.81. The van der Waals surface area contributed by atoms with Gasteiger partial charge in [0.25, 0.3) is 0 Å². The van der Waals surface area contributed by atoms with Gasteiger partial charge < -0.3 is 14.0 Å². The average molecular weight is 418 g/mol. The van der Waals surface area contributed by atoms with Gasteiger partial charge in [-0.25, -0.2) is 12.8 Å². The zero-order chi connectivity index (χ0) is 20.6. The molecule has 152 valence electrons. The van der Waals surface area contributed by atoms with Crippen LogP contribution in [0.3, 0.4) is 0 Å². The van der Waals surface area contributed by atoms with Crippen molar-refractivity contribution in [1.29, 1.82) is 0 Å². The Morgan fingerprint density at radius 2 is 1.97 bits per heavy atom. The van der Waals surface area contributed by atoms with Crippen LogP contribution in [0.1, 0.15) is 29.2 Å². The van der Waals surface area contributed by atoms with Gasteiger partial charge in [0, 0.05) is 11.1 Å². The number of ether oxygens (including phenoxy) is 2. The summed E-state index contributed by atoms with van der Waals surface area (Å²) in [6.45, 7) is 3.91. The first-order chi connectivity index (χ1) is 13.8. The molecule has 0 saturated heterocycles. The summed E-state index contributed by atoms with van der Waals surface area (Å²) in [4.78, 5) is 4.17. The standard InChI is InChI=1S/C20H19FN2O5S/c1-12-6-7-14(10-16(12)21)19-22-20(28-23-19)13(2)29(24,25)11-15-4-3-5-17-18(15)27-9-8-26-17/h3-7,10,13H,8-9,11H2,1-2H3. The van der Waals surface area contributed by atoms with Crippen LogP contribution in [0.4, 0.5) is 4.39 Å². The summed E-state index contributed by atoms with van der Waals surface area (Å²) < 4.78 is 56.0. The molecule has 1 aliphatic heterocycles. The molecule has 1 aromatic heterocycles. The summed E-state index contributed by atoms with van der Waals surface area (Å²) in [7, 11) is -3.69. The number of benzene rings is 2. The van der Waals surface area contributed by atoms with Crippen molar-refractivity contribution in [3.05, 3.63) is 59.2 Å². The van der Waals surface area contributed by atoms with Gasteiger partial charge in [-0.15, -0.1) is 0 Å². The van der Waals surface area contributed by atoms with E-state index in [0.29, 0.717) is 41.4 Å². The summed E-state index contributed by atoms with van der Waals surface area (Å²) in [6, 6.07) is 9.68. The van der Waals surface area contributed by atoms with Crippen LogP contribution >= 0.6 is 0 Å². The minimum absolute atomic E-state index is 0.0528. The molecule has 1 unspecified atom stereocenters. The highest BCUT2D eigenvalue weighted by molar-refractivity contribution is 7.90. The number of hydrogen-bond acceptors (Lipinski definition) is 7. The van der Waals surface area contributed by atoms with Crippen molar-refractivity contribution in [2.75, 3.05) is 13.2 Å². The smallest absolute Gasteiger partial charge is 0.245 e. The third kappa shape index (κ3) is 3.82. The lowest BCUT2D eigenvalue weighted by Gasteiger charge is -2.21. The summed E-state index contributed by atoms with van der Waals surface area (Å²) in [5.74, 6) is 0.384. The summed E-state index contributed by atoms with van der Waals surface area (Å²) in [5.41, 5.74) is 1.41. The molecule has 0 N–H and O–H groups in total. The van der Waals surface area contributed by atoms with Crippen molar-refractivity contribution >= 4 is 9.84 Å². The Bertz CT molecular complexity index is 1160. The van der Waals surface area contributed by atoms with Gasteiger partial charge in [-0.05, 0) is 31.5 Å². The molecule has 3 aromatic rings. The van der Waals surface area contributed by atoms with Gasteiger partial charge in [0.15, 0.2) is 21.3 Å². The van der Waals surface area contributed by atoms with E-state index >= 15 is 0 Å². The third-order valence-corrected chi connectivity index (χ3v) is 6.76. The molecule has 0 bridgehead atoms. The molecule has 0 amide bonds. The molecule has 1 atom stereocenters. The Labute approximate surface area is 167 Å². The van der Waals surface area contributed by atoms with Crippen LogP contribution in [0.2, 0.25) is 0 Å². The molecule has 1 aliphatic rings. The normalized spacial score (nSPS) is 14.6. The van der Waals surface area contributed by atoms with Gasteiger partial charge in [-0.2, -0.15) is 4.98 Å². The zero-order valence-corrected chi connectivity index (χ0v) is 16.7. The van der Waals surface area contributed by atoms with E-state index < -0.39 is 20.9 Å². The van der Waals surface area contributed by atoms with Crippen molar-refractivity contribution in [3.8, 4) is 22.9 Å². The van der Waals surface area contributed by atoms with Crippen molar-refractivity contribution in [3.63, 3.8) is 0 Å². The number of nitrogens with zero attached hydrogens (tertiary/aromatic N) is 2. The number of rotatable bonds is 5. The fraction of sp³-hybridized carbons (Fsp3) is 0.300. The second kappa shape index (κ2) is 7.47. The molecule has 7 nitrogen and oxygen atoms in total. The SMILES string of the molecule is Cc1ccc(-c2noc(C(C)S(=O)(=O)Cc3cccc4c3OCCO4)n2)cc1F. The Morgan fingerprint density at radius 3 is 2.76 bits per heavy atom. The van der Waals surface area contributed by atoms with E-state index in [9.17, 15) is 12.8 Å². The minimum Gasteiger partial charge on any atom is -0.486 e. The molecule has 2 heterocycles. The lowest BCUT2D eigenvalue weighted by atomic mass is 10.1. The van der Waals surface area contributed by atoms with Gasteiger partial charge >= 0.3 is 0 Å². The number of halogens is 1. The Balaban J connectivity index is 1.59. The van der Waals surface area contributed by atoms with Crippen LogP contribution in [-0.4, -0.2) is 31.8 Å². The van der Waals surface area contributed by atoms with Gasteiger partial charge in [0.2, 0.25) is 11.7 Å². The fourth-order valence-electron chi connectivity index (χ4n) is 2.99. The number of aromatic nitrogens is 2. The van der Waals surface area contributed by atoms with Crippen LogP contribution in [0, 0.1) is 12.7 Å². The topological polar surface area (TPSA) is 91.5 Å².